The van der Waals surface area contributed by atoms with Crippen LogP contribution >= 0.6 is 0 Å². The van der Waals surface area contributed by atoms with Crippen LogP contribution in [0.1, 0.15) is 28.8 Å². The smallest absolute Gasteiger partial charge is 0.0491 e. The van der Waals surface area contributed by atoms with Gasteiger partial charge in [0.15, 0.2) is 0 Å². The minimum Gasteiger partial charge on any atom is -0.358 e. The Kier molecular flexibility index (Phi) is 3.01. The van der Waals surface area contributed by atoms with E-state index in [0.29, 0.717) is 0 Å². The molecule has 0 aliphatic rings. The van der Waals surface area contributed by atoms with Gasteiger partial charge in [0.25, 0.3) is 0 Å². The topological polar surface area (TPSA) is 41.8 Å². The second kappa shape index (κ2) is 4.30. The van der Waals surface area contributed by atoms with Crippen molar-refractivity contribution in [1.29, 1.82) is 0 Å². The maximum absolute atomic E-state index is 5.57. The van der Waals surface area contributed by atoms with E-state index in [1.54, 1.807) is 0 Å². The SMILES string of the molecule is Cc1ccc(C)c2c(C)c(CCCN)[nH]c12. The number of hydrogen-bond donors (Lipinski definition) is 2. The number of nitrogens with one attached hydrogen (secondary N) is 1. The molecule has 0 saturated heterocycles. The molecule has 1 aromatic heterocycles. The number of hydrogen-bond acceptors (Lipinski definition) is 1. The molecule has 2 rings (SSSR count). The van der Waals surface area contributed by atoms with E-state index in [1.807, 2.05) is 0 Å². The van der Waals surface area contributed by atoms with Crippen molar-refractivity contribution < 1.29 is 0 Å². The lowest BCUT2D eigenvalue weighted by Gasteiger charge is -2.00. The lowest BCUT2D eigenvalue weighted by atomic mass is 10.0. The lowest BCUT2D eigenvalue weighted by Crippen LogP contribution is -2.01. The Bertz CT molecular complexity index is 509. The van der Waals surface area contributed by atoms with E-state index < -0.39 is 0 Å². The lowest BCUT2D eigenvalue weighted by molar-refractivity contribution is 0.813. The summed E-state index contributed by atoms with van der Waals surface area (Å²) in [5.74, 6) is 0. The molecule has 0 radical (unpaired) electrons. The molecular formula is C14H20N2. The van der Waals surface area contributed by atoms with E-state index in [1.165, 1.54) is 33.3 Å². The maximum atomic E-state index is 5.57. The first-order valence-electron chi connectivity index (χ1n) is 5.92. The molecule has 0 fully saturated rings. The van der Waals surface area contributed by atoms with Gasteiger partial charge in [-0.1, -0.05) is 12.1 Å². The molecule has 2 heteroatoms. The summed E-state index contributed by atoms with van der Waals surface area (Å²) in [6.07, 6.45) is 2.10. The van der Waals surface area contributed by atoms with Crippen LogP contribution in [-0.4, -0.2) is 11.5 Å². The molecule has 1 heterocycles. The summed E-state index contributed by atoms with van der Waals surface area (Å²) in [6.45, 7) is 7.30. The van der Waals surface area contributed by atoms with Crippen LogP contribution in [0.5, 0.6) is 0 Å². The van der Waals surface area contributed by atoms with Gasteiger partial charge in [-0.05, 0) is 56.8 Å². The molecule has 0 unspecified atom stereocenters. The van der Waals surface area contributed by atoms with Crippen LogP contribution in [0.3, 0.4) is 0 Å². The Morgan fingerprint density at radius 3 is 2.44 bits per heavy atom. The molecule has 0 atom stereocenters. The molecule has 16 heavy (non-hydrogen) atoms. The van der Waals surface area contributed by atoms with Crippen molar-refractivity contribution in [3.8, 4) is 0 Å². The van der Waals surface area contributed by atoms with E-state index in [2.05, 4.69) is 37.9 Å². The predicted octanol–water partition coefficient (Wildman–Crippen LogP) is 2.98. The van der Waals surface area contributed by atoms with Gasteiger partial charge in [0.05, 0.1) is 0 Å². The first-order valence-corrected chi connectivity index (χ1v) is 5.92. The minimum absolute atomic E-state index is 0.757. The van der Waals surface area contributed by atoms with E-state index in [9.17, 15) is 0 Å². The molecule has 0 spiro atoms. The standard InChI is InChI=1S/C14H20N2/c1-9-6-7-10(2)14-13(9)11(3)12(16-14)5-4-8-15/h6-7,16H,4-5,8,15H2,1-3H3. The van der Waals surface area contributed by atoms with Crippen molar-refractivity contribution in [3.63, 3.8) is 0 Å². The molecule has 0 saturated carbocycles. The largest absolute Gasteiger partial charge is 0.358 e. The van der Waals surface area contributed by atoms with Gasteiger partial charge in [-0.2, -0.15) is 0 Å². The highest BCUT2D eigenvalue weighted by atomic mass is 14.7. The summed E-state index contributed by atoms with van der Waals surface area (Å²) in [6, 6.07) is 4.38. The Morgan fingerprint density at radius 2 is 1.81 bits per heavy atom. The third-order valence-electron chi connectivity index (χ3n) is 3.36. The summed E-state index contributed by atoms with van der Waals surface area (Å²) in [4.78, 5) is 3.55. The summed E-state index contributed by atoms with van der Waals surface area (Å²) >= 11 is 0. The molecule has 3 N–H and O–H groups in total. The van der Waals surface area contributed by atoms with Gasteiger partial charge in [0.1, 0.15) is 0 Å². The van der Waals surface area contributed by atoms with Crippen LogP contribution in [0.25, 0.3) is 10.9 Å². The maximum Gasteiger partial charge on any atom is 0.0491 e. The van der Waals surface area contributed by atoms with Crippen molar-refractivity contribution in [2.24, 2.45) is 5.73 Å². The van der Waals surface area contributed by atoms with Gasteiger partial charge >= 0.3 is 0 Å². The Morgan fingerprint density at radius 1 is 1.12 bits per heavy atom. The molecule has 0 bridgehead atoms. The zero-order valence-electron chi connectivity index (χ0n) is 10.4. The first-order chi connectivity index (χ1) is 7.65. The van der Waals surface area contributed by atoms with E-state index in [4.69, 9.17) is 5.73 Å². The van der Waals surface area contributed by atoms with Gasteiger partial charge < -0.3 is 10.7 Å². The quantitative estimate of drug-likeness (QED) is 0.813. The average Bonchev–Trinajstić information content (AvgIpc) is 2.60. The third-order valence-corrected chi connectivity index (χ3v) is 3.36. The molecule has 86 valence electrons. The number of aromatic amines is 1. The van der Waals surface area contributed by atoms with Gasteiger partial charge in [-0.15, -0.1) is 0 Å². The number of aryl methyl sites for hydroxylation is 4. The number of benzene rings is 1. The van der Waals surface area contributed by atoms with Crippen LogP contribution in [0.2, 0.25) is 0 Å². The number of H-pyrrole nitrogens is 1. The molecular weight excluding hydrogens is 196 g/mol. The highest BCUT2D eigenvalue weighted by Crippen LogP contribution is 2.28. The molecule has 1 aromatic carbocycles. The van der Waals surface area contributed by atoms with Crippen molar-refractivity contribution in [1.82, 2.24) is 4.98 Å². The van der Waals surface area contributed by atoms with Gasteiger partial charge in [-0.25, -0.2) is 0 Å². The summed E-state index contributed by atoms with van der Waals surface area (Å²) in [5, 5.41) is 1.40. The molecule has 0 aliphatic heterocycles. The van der Waals surface area contributed by atoms with E-state index in [0.717, 1.165) is 19.4 Å². The van der Waals surface area contributed by atoms with Crippen LogP contribution in [-0.2, 0) is 6.42 Å². The Hall–Kier alpha value is -1.28. The second-order valence-corrected chi connectivity index (χ2v) is 4.57. The molecule has 2 nitrogen and oxygen atoms in total. The average molecular weight is 216 g/mol. The molecule has 2 aromatic rings. The second-order valence-electron chi connectivity index (χ2n) is 4.57. The van der Waals surface area contributed by atoms with Crippen LogP contribution in [0.15, 0.2) is 12.1 Å². The van der Waals surface area contributed by atoms with E-state index >= 15 is 0 Å². The third kappa shape index (κ3) is 1.74. The van der Waals surface area contributed by atoms with E-state index in [-0.39, 0.29) is 0 Å². The zero-order valence-corrected chi connectivity index (χ0v) is 10.4. The fourth-order valence-corrected chi connectivity index (χ4v) is 2.38. The summed E-state index contributed by atoms with van der Waals surface area (Å²) in [7, 11) is 0. The fraction of sp³-hybridized carbons (Fsp3) is 0.429. The van der Waals surface area contributed by atoms with Crippen molar-refractivity contribution in [2.45, 2.75) is 33.6 Å². The summed E-state index contributed by atoms with van der Waals surface area (Å²) in [5.41, 5.74) is 12.3. The highest BCUT2D eigenvalue weighted by molar-refractivity contribution is 5.89. The highest BCUT2D eigenvalue weighted by Gasteiger charge is 2.10. The van der Waals surface area contributed by atoms with Crippen molar-refractivity contribution >= 4 is 10.9 Å². The molecule has 0 amide bonds. The first kappa shape index (κ1) is 11.2. The van der Waals surface area contributed by atoms with Gasteiger partial charge in [0, 0.05) is 16.6 Å². The summed E-state index contributed by atoms with van der Waals surface area (Å²) < 4.78 is 0. The van der Waals surface area contributed by atoms with Crippen LogP contribution < -0.4 is 5.73 Å². The number of fused-ring (bicyclic) bond motifs is 1. The number of rotatable bonds is 3. The van der Waals surface area contributed by atoms with Crippen LogP contribution in [0, 0.1) is 20.8 Å². The van der Waals surface area contributed by atoms with Crippen LogP contribution in [0.4, 0.5) is 0 Å². The van der Waals surface area contributed by atoms with Crippen molar-refractivity contribution in [3.05, 3.63) is 34.5 Å². The van der Waals surface area contributed by atoms with Gasteiger partial charge in [0.2, 0.25) is 0 Å². The normalized spacial score (nSPS) is 11.2. The number of aromatic nitrogens is 1. The monoisotopic (exact) mass is 216 g/mol. The van der Waals surface area contributed by atoms with Crippen molar-refractivity contribution in [2.75, 3.05) is 6.54 Å². The fourth-order valence-electron chi connectivity index (χ4n) is 2.38. The Labute approximate surface area is 96.9 Å². The Balaban J connectivity index is 2.58. The number of nitrogens with two attached hydrogens (primary N) is 1. The predicted molar refractivity (Wildman–Crippen MR) is 69.9 cm³/mol. The van der Waals surface area contributed by atoms with Gasteiger partial charge in [-0.3, -0.25) is 0 Å². The molecule has 0 aliphatic carbocycles. The minimum atomic E-state index is 0.757. The zero-order chi connectivity index (χ0) is 11.7.